The minimum Gasteiger partial charge on any atom is -0.480 e. The summed E-state index contributed by atoms with van der Waals surface area (Å²) in [6, 6.07) is 34.1. The van der Waals surface area contributed by atoms with Crippen LogP contribution in [0.15, 0.2) is 97.1 Å². The summed E-state index contributed by atoms with van der Waals surface area (Å²) in [6.07, 6.45) is 5.20. The van der Waals surface area contributed by atoms with Gasteiger partial charge in [0.05, 0.1) is 59.0 Å². The summed E-state index contributed by atoms with van der Waals surface area (Å²) < 4.78 is 0. The van der Waals surface area contributed by atoms with Crippen molar-refractivity contribution in [2.75, 3.05) is 284 Å². The molecule has 43 heteroatoms. The Bertz CT molecular complexity index is 4110. The first-order valence-electron chi connectivity index (χ1n) is 44.5. The van der Waals surface area contributed by atoms with E-state index in [4.69, 9.17) is 73.5 Å². The number of carbonyl (C=O) groups excluding carboxylic acids is 10. The first-order valence-corrected chi connectivity index (χ1v) is 44.5. The third kappa shape index (κ3) is 62.5. The molecule has 4 saturated heterocycles. The van der Waals surface area contributed by atoms with Crippen LogP contribution in [-0.2, 0) is 112 Å². The van der Waals surface area contributed by atoms with Crippen LogP contribution in [0.4, 0.5) is 0 Å². The van der Waals surface area contributed by atoms with Crippen molar-refractivity contribution in [2.24, 2.45) is 0 Å². The number of rotatable bonds is 35. The van der Waals surface area contributed by atoms with Crippen LogP contribution in [0.25, 0.3) is 0 Å². The molecule has 0 aromatic heterocycles. The summed E-state index contributed by atoms with van der Waals surface area (Å²) in [5, 5.41) is 92.7. The molecule has 0 bridgehead atoms. The molecule has 4 aromatic rings. The summed E-state index contributed by atoms with van der Waals surface area (Å²) >= 11 is 0. The molecule has 4 aromatic carbocycles. The van der Waals surface area contributed by atoms with Crippen molar-refractivity contribution in [3.63, 3.8) is 0 Å². The van der Waals surface area contributed by atoms with Crippen LogP contribution in [0, 0.1) is 27.7 Å². The van der Waals surface area contributed by atoms with Gasteiger partial charge < -0.3 is 80.5 Å². The number of aliphatic hydroxyl groups is 2. The molecule has 0 spiro atoms. The van der Waals surface area contributed by atoms with E-state index in [2.05, 4.69) is 193 Å². The average Bonchev–Trinajstić information content (AvgIpc) is 1.25. The van der Waals surface area contributed by atoms with Crippen molar-refractivity contribution in [3.8, 4) is 0 Å². The number of carbonyl (C=O) groups is 8. The monoisotopic (exact) mass is 1920 g/mol. The summed E-state index contributed by atoms with van der Waals surface area (Å²) in [7, 11) is 10.4. The van der Waals surface area contributed by atoms with E-state index in [0.29, 0.717) is 65.4 Å². The summed E-state index contributed by atoms with van der Waals surface area (Å²) in [5.41, 5.74) is 9.66. The lowest BCUT2D eigenvalue weighted by molar-refractivity contribution is -0.193. The fourth-order valence-electron chi connectivity index (χ4n) is 15.6. The number of aryl methyl sites for hydroxylation is 4. The maximum Gasteiger partial charge on any atom is 0.373 e. The first-order chi connectivity index (χ1) is 64.6. The van der Waals surface area contributed by atoms with Crippen LogP contribution in [-0.4, -0.2) is 511 Å². The number of aliphatic carboxylic acids is 8. The second-order valence-electron chi connectivity index (χ2n) is 33.8. The van der Waals surface area contributed by atoms with Crippen LogP contribution in [0.3, 0.4) is 0 Å². The number of β-amino-alcohol motifs (C(OH)–C–C–N with tert-alkyl or cyclic N) is 1. The molecule has 0 radical (unpaired) electrons. The van der Waals surface area contributed by atoms with Gasteiger partial charge in [-0.15, -0.1) is 0 Å². The van der Waals surface area contributed by atoms with E-state index in [0.717, 1.165) is 150 Å². The Balaban J connectivity index is 0.00000171. The highest BCUT2D eigenvalue weighted by atomic mass is 16.4. The molecule has 4 heterocycles. The number of aliphatic hydroxyl groups excluding tert-OH is 2. The Labute approximate surface area is 795 Å². The van der Waals surface area contributed by atoms with Gasteiger partial charge in [-0.25, -0.2) is 0 Å². The Morgan fingerprint density at radius 1 is 0.272 bits per heavy atom. The van der Waals surface area contributed by atoms with E-state index in [1.807, 2.05) is 30.7 Å². The van der Waals surface area contributed by atoms with E-state index in [-0.39, 0.29) is 120 Å². The Kier molecular flexibility index (Phi) is 68.9. The fourth-order valence-corrected chi connectivity index (χ4v) is 15.6. The van der Waals surface area contributed by atoms with Gasteiger partial charge in [0.2, 0.25) is 0 Å². The van der Waals surface area contributed by atoms with E-state index in [9.17, 15) is 63.9 Å². The van der Waals surface area contributed by atoms with Crippen LogP contribution in [0.2, 0.25) is 0 Å². The molecule has 4 aliphatic rings. The number of nitrogens with zero attached hydrogens (tertiary/aromatic N) is 15. The zero-order valence-corrected chi connectivity index (χ0v) is 80.0. The lowest BCUT2D eigenvalue weighted by Gasteiger charge is -2.37. The molecule has 0 amide bonds. The third-order valence-corrected chi connectivity index (χ3v) is 22.7. The second-order valence-corrected chi connectivity index (χ2v) is 33.8. The van der Waals surface area contributed by atoms with Gasteiger partial charge in [0.25, 0.3) is 0 Å². The number of hydrogen-bond donors (Lipinski definition) is 10. The van der Waals surface area contributed by atoms with E-state index >= 15 is 0 Å². The quantitative estimate of drug-likeness (QED) is 0.0250. The topological polar surface area (TPSA) is 558 Å². The molecule has 4 aliphatic heterocycles. The van der Waals surface area contributed by atoms with E-state index in [1.165, 1.54) is 54.3 Å². The predicted octanol–water partition coefficient (Wildman–Crippen LogP) is -1.51. The van der Waals surface area contributed by atoms with Crippen molar-refractivity contribution < 1.29 is 137 Å². The first kappa shape index (κ1) is 125. The van der Waals surface area contributed by atoms with Crippen molar-refractivity contribution in [3.05, 3.63) is 142 Å². The van der Waals surface area contributed by atoms with Crippen LogP contribution in [0.1, 0.15) is 50.9 Å². The standard InChI is InChI=1S/C26H43N5O6.C23H36N4O6.C20H33N3O3.C19H31N3O3.5CO2/c1-21-4-6-22(7-5-21)16-23-17-28(3)9-8-27(2)10-11-29(14-15-31(23)20-26(36)37)12-13-30(18-24(32)33)19-25(34)35;1-18-3-5-19(6-4-18)13-20-14-24(2)7-8-25(11-12-27(20)17-23(32)33)9-10-26(15-21(28)29)16-22(30)31;1-17-4-6-18(7-5-17)14-19-15-21(2)9-10-22(8-3-13-24)11-12-23(19)16-20(25)26;1-16-3-5-17(6-4-16)13-18-14-20(2)7-8-21(11-12-23)9-10-22(18)15-19(24)25;5*2-1-3/h4-7,23H,8-20H2,1-3H3,(H,32,33)(H,34,35)(H,36,37);3-6,20H,7-17H2,1-2H3,(H,28,29)(H,30,31)(H,32,33);4-7,19,24H,3,8-16H2,1-2H3,(H,25,26);3-6,18,23H,7-15H2,1-2H3,(H,24,25);;;;;. The van der Waals surface area contributed by atoms with E-state index in [1.54, 1.807) is 0 Å². The van der Waals surface area contributed by atoms with Gasteiger partial charge in [0.15, 0.2) is 0 Å². The molecule has 4 fully saturated rings. The lowest BCUT2D eigenvalue weighted by atomic mass is 10.0. The van der Waals surface area contributed by atoms with Gasteiger partial charge in [0, 0.05) is 214 Å². The highest BCUT2D eigenvalue weighted by molar-refractivity contribution is 5.73. The average molecular weight is 1920 g/mol. The molecule has 136 heavy (non-hydrogen) atoms. The molecule has 758 valence electrons. The Morgan fingerprint density at radius 3 is 0.669 bits per heavy atom. The summed E-state index contributed by atoms with van der Waals surface area (Å²) in [6.45, 7) is 27.4. The van der Waals surface area contributed by atoms with Gasteiger partial charge in [-0.3, -0.25) is 82.5 Å². The van der Waals surface area contributed by atoms with Gasteiger partial charge in [-0.05, 0) is 117 Å². The molecular formula is C93H143N15O28. The minimum atomic E-state index is -1.06. The lowest BCUT2D eigenvalue weighted by Crippen LogP contribution is -2.52. The van der Waals surface area contributed by atoms with E-state index < -0.39 is 47.8 Å². The second kappa shape index (κ2) is 75.0. The molecule has 10 N–H and O–H groups in total. The smallest absolute Gasteiger partial charge is 0.373 e. The van der Waals surface area contributed by atoms with Gasteiger partial charge in [-0.1, -0.05) is 119 Å². The van der Waals surface area contributed by atoms with Crippen molar-refractivity contribution in [1.29, 1.82) is 0 Å². The van der Waals surface area contributed by atoms with Crippen LogP contribution >= 0.6 is 0 Å². The third-order valence-electron chi connectivity index (χ3n) is 22.7. The molecular weight excluding hydrogens is 1780 g/mol. The Hall–Kier alpha value is -11.1. The van der Waals surface area contributed by atoms with Gasteiger partial charge in [-0.2, -0.15) is 47.9 Å². The van der Waals surface area contributed by atoms with Crippen molar-refractivity contribution in [1.82, 2.24) is 73.5 Å². The molecule has 4 unspecified atom stereocenters. The normalized spacial score (nSPS) is 18.3. The molecule has 0 aliphatic carbocycles. The number of hydrogen-bond acceptors (Lipinski definition) is 35. The summed E-state index contributed by atoms with van der Waals surface area (Å²) in [4.78, 5) is 203. The zero-order valence-electron chi connectivity index (χ0n) is 80.0. The minimum absolute atomic E-state index is 0.00547. The van der Waals surface area contributed by atoms with Gasteiger partial charge in [0.1, 0.15) is 0 Å². The number of carboxylic acid groups (broad SMARTS) is 8. The largest absolute Gasteiger partial charge is 0.480 e. The molecule has 0 saturated carbocycles. The highest BCUT2D eigenvalue weighted by Gasteiger charge is 2.31. The zero-order chi connectivity index (χ0) is 102. The number of likely N-dealkylation sites (N-methyl/N-ethyl adjacent to an activating group) is 5. The number of benzene rings is 4. The van der Waals surface area contributed by atoms with Crippen LogP contribution < -0.4 is 0 Å². The predicted molar refractivity (Wildman–Crippen MR) is 492 cm³/mol. The van der Waals surface area contributed by atoms with Gasteiger partial charge >= 0.3 is 78.5 Å². The van der Waals surface area contributed by atoms with Crippen LogP contribution in [0.5, 0.6) is 0 Å². The summed E-state index contributed by atoms with van der Waals surface area (Å²) in [5.74, 6) is -7.56. The highest BCUT2D eigenvalue weighted by Crippen LogP contribution is 2.20. The fraction of sp³-hybridized carbons (Fsp3) is 0.602. The number of carboxylic acids is 8. The maximum atomic E-state index is 11.8. The SMILES string of the molecule is Cc1ccc(CC2CN(C)CCN(C)CCN(CCN(CC(=O)O)CC(=O)O)CCN2CC(=O)O)cc1.Cc1ccc(CC2CN(C)CCN(CCCO)CCN2CC(=O)O)cc1.Cc1ccc(CC2CN(C)CCN(CCN(CC(=O)O)CC(=O)O)CCN2CC(=O)O)cc1.Cc1ccc(CC2CN(C)CCN(CCO)CCN2CC(=O)O)cc1.O=C=O.O=C=O.O=C=O.O=C=O.O=C=O. The molecule has 4 atom stereocenters. The Morgan fingerprint density at radius 2 is 0.463 bits per heavy atom. The maximum absolute atomic E-state index is 11.8. The molecule has 8 rings (SSSR count). The van der Waals surface area contributed by atoms with Crippen molar-refractivity contribution >= 4 is 78.5 Å². The van der Waals surface area contributed by atoms with Crippen molar-refractivity contribution in [2.45, 2.75) is 84.0 Å². The molecule has 43 nitrogen and oxygen atoms in total.